The summed E-state index contributed by atoms with van der Waals surface area (Å²) in [4.78, 5) is 31.2. The van der Waals surface area contributed by atoms with Crippen LogP contribution in [-0.4, -0.2) is 47.6 Å². The number of carbonyl (C=O) groups is 2. The number of aromatic nitrogens is 1. The molecule has 2 heterocycles. The predicted molar refractivity (Wildman–Crippen MR) is 136 cm³/mol. The monoisotopic (exact) mass is 466 g/mol. The van der Waals surface area contributed by atoms with Crippen molar-refractivity contribution in [3.63, 3.8) is 0 Å². The molecule has 3 rings (SSSR count). The minimum Gasteiger partial charge on any atom is -0.480 e. The third-order valence-electron chi connectivity index (χ3n) is 7.30. The molecule has 1 aliphatic rings. The van der Waals surface area contributed by atoms with E-state index in [0.717, 1.165) is 49.5 Å². The van der Waals surface area contributed by atoms with E-state index in [1.165, 1.54) is 0 Å². The van der Waals surface area contributed by atoms with Gasteiger partial charge in [0.25, 0.3) is 0 Å². The lowest BCUT2D eigenvalue weighted by Gasteiger charge is -2.34. The molecule has 0 radical (unpaired) electrons. The highest BCUT2D eigenvalue weighted by Crippen LogP contribution is 2.26. The van der Waals surface area contributed by atoms with Crippen LogP contribution in [-0.2, 0) is 16.0 Å². The number of nitrogens with zero attached hydrogens (tertiary/aromatic N) is 2. The zero-order valence-electron chi connectivity index (χ0n) is 20.6. The Bertz CT molecular complexity index is 921. The van der Waals surface area contributed by atoms with E-state index < -0.39 is 17.4 Å². The first-order valence-electron chi connectivity index (χ1n) is 12.4. The van der Waals surface area contributed by atoms with E-state index >= 15 is 0 Å². The minimum absolute atomic E-state index is 0.193. The number of carboxylic acid groups (broad SMARTS) is 1. The van der Waals surface area contributed by atoms with Gasteiger partial charge in [-0.3, -0.25) is 4.79 Å². The van der Waals surface area contributed by atoms with Gasteiger partial charge in [0.15, 0.2) is 0 Å². The second-order valence-electron chi connectivity index (χ2n) is 9.53. The van der Waals surface area contributed by atoms with Crippen LogP contribution in [0.3, 0.4) is 0 Å². The molecule has 0 spiro atoms. The van der Waals surface area contributed by atoms with Crippen LogP contribution < -0.4 is 15.5 Å². The number of anilines is 2. The van der Waals surface area contributed by atoms with Crippen LogP contribution in [0.4, 0.5) is 11.5 Å². The molecule has 1 amide bonds. The van der Waals surface area contributed by atoms with Gasteiger partial charge in [-0.25, -0.2) is 9.78 Å². The molecular weight excluding hydrogens is 428 g/mol. The maximum atomic E-state index is 12.7. The second kappa shape index (κ2) is 11.9. The molecule has 3 N–H and O–H groups in total. The van der Waals surface area contributed by atoms with Crippen LogP contribution in [0.15, 0.2) is 48.7 Å². The van der Waals surface area contributed by atoms with E-state index in [4.69, 9.17) is 0 Å². The van der Waals surface area contributed by atoms with Gasteiger partial charge in [0, 0.05) is 43.4 Å². The van der Waals surface area contributed by atoms with E-state index in [2.05, 4.69) is 32.7 Å². The lowest BCUT2D eigenvalue weighted by atomic mass is 9.83. The van der Waals surface area contributed by atoms with Crippen molar-refractivity contribution in [2.75, 3.05) is 29.9 Å². The van der Waals surface area contributed by atoms with E-state index in [-0.39, 0.29) is 12.3 Å². The Labute approximate surface area is 203 Å². The van der Waals surface area contributed by atoms with E-state index in [9.17, 15) is 14.7 Å². The highest BCUT2D eigenvalue weighted by Gasteiger charge is 2.32. The number of benzene rings is 1. The molecule has 0 saturated carbocycles. The van der Waals surface area contributed by atoms with Gasteiger partial charge in [0.1, 0.15) is 11.9 Å². The Kier molecular flexibility index (Phi) is 8.91. The van der Waals surface area contributed by atoms with Crippen LogP contribution in [0.5, 0.6) is 0 Å². The summed E-state index contributed by atoms with van der Waals surface area (Å²) in [6.45, 7) is 8.71. The van der Waals surface area contributed by atoms with Crippen molar-refractivity contribution >= 4 is 23.4 Å². The van der Waals surface area contributed by atoms with Gasteiger partial charge in [-0.15, -0.1) is 0 Å². The molecule has 7 nitrogen and oxygen atoms in total. The SMILES string of the molecule is CCC(C)(CC)C(=O)NC(Cc1ccc(N2CCC(CNc3ccccn3)CC2)cc1)C(=O)O. The Morgan fingerprint density at radius 1 is 1.12 bits per heavy atom. The normalized spacial score (nSPS) is 15.6. The smallest absolute Gasteiger partial charge is 0.326 e. The maximum absolute atomic E-state index is 12.7. The first-order chi connectivity index (χ1) is 16.3. The quantitative estimate of drug-likeness (QED) is 0.456. The molecular formula is C27H38N4O3. The fourth-order valence-corrected chi connectivity index (χ4v) is 4.29. The molecule has 34 heavy (non-hydrogen) atoms. The molecule has 1 saturated heterocycles. The number of carboxylic acids is 1. The molecule has 1 fully saturated rings. The first-order valence-corrected chi connectivity index (χ1v) is 12.4. The van der Waals surface area contributed by atoms with Crippen molar-refractivity contribution in [2.45, 2.75) is 58.9 Å². The standard InChI is InChI=1S/C27H38N4O3/c1-4-27(3,5-2)26(34)30-23(25(32)33)18-20-9-11-22(12-10-20)31-16-13-21(14-17-31)19-29-24-8-6-7-15-28-24/h6-12,15,21,23H,4-5,13-14,16-19H2,1-3H3,(H,28,29)(H,30,34)(H,32,33). The minimum atomic E-state index is -1.01. The van der Waals surface area contributed by atoms with Gasteiger partial charge in [0.2, 0.25) is 5.91 Å². The van der Waals surface area contributed by atoms with Crippen molar-refractivity contribution in [2.24, 2.45) is 11.3 Å². The molecule has 0 bridgehead atoms. The zero-order chi connectivity index (χ0) is 24.6. The van der Waals surface area contributed by atoms with Crippen molar-refractivity contribution < 1.29 is 14.7 Å². The summed E-state index contributed by atoms with van der Waals surface area (Å²) >= 11 is 0. The summed E-state index contributed by atoms with van der Waals surface area (Å²) in [5.74, 6) is 0.343. The van der Waals surface area contributed by atoms with Gasteiger partial charge in [-0.2, -0.15) is 0 Å². The molecule has 1 unspecified atom stereocenters. The summed E-state index contributed by atoms with van der Waals surface area (Å²) in [6, 6.07) is 13.0. The number of hydrogen-bond acceptors (Lipinski definition) is 5. The van der Waals surface area contributed by atoms with Gasteiger partial charge in [-0.05, 0) is 61.4 Å². The van der Waals surface area contributed by atoms with E-state index in [0.29, 0.717) is 18.8 Å². The number of pyridine rings is 1. The zero-order valence-corrected chi connectivity index (χ0v) is 20.6. The molecule has 7 heteroatoms. The number of hydrogen-bond donors (Lipinski definition) is 3. The number of aliphatic carboxylic acids is 1. The molecule has 1 aromatic carbocycles. The second-order valence-corrected chi connectivity index (χ2v) is 9.53. The number of nitrogens with one attached hydrogen (secondary N) is 2. The van der Waals surface area contributed by atoms with Gasteiger partial charge in [0.05, 0.1) is 0 Å². The molecule has 184 valence electrons. The highest BCUT2D eigenvalue weighted by atomic mass is 16.4. The third-order valence-corrected chi connectivity index (χ3v) is 7.30. The van der Waals surface area contributed by atoms with Crippen LogP contribution in [0, 0.1) is 11.3 Å². The van der Waals surface area contributed by atoms with Gasteiger partial charge < -0.3 is 20.6 Å². The number of rotatable bonds is 11. The molecule has 1 aromatic heterocycles. The summed E-state index contributed by atoms with van der Waals surface area (Å²) in [6.07, 6.45) is 5.64. The van der Waals surface area contributed by atoms with Crippen molar-refractivity contribution in [1.82, 2.24) is 10.3 Å². The summed E-state index contributed by atoms with van der Waals surface area (Å²) in [5.41, 5.74) is 1.51. The Morgan fingerprint density at radius 2 is 1.79 bits per heavy atom. The van der Waals surface area contributed by atoms with E-state index in [1.807, 2.05) is 51.1 Å². The van der Waals surface area contributed by atoms with Crippen molar-refractivity contribution in [3.8, 4) is 0 Å². The molecule has 2 aromatic rings. The van der Waals surface area contributed by atoms with Crippen LogP contribution in [0.2, 0.25) is 0 Å². The Morgan fingerprint density at radius 3 is 2.35 bits per heavy atom. The largest absolute Gasteiger partial charge is 0.480 e. The predicted octanol–water partition coefficient (Wildman–Crippen LogP) is 4.35. The maximum Gasteiger partial charge on any atom is 0.326 e. The fourth-order valence-electron chi connectivity index (χ4n) is 4.29. The molecule has 1 aliphatic heterocycles. The van der Waals surface area contributed by atoms with Crippen molar-refractivity contribution in [1.29, 1.82) is 0 Å². The average molecular weight is 467 g/mol. The number of amides is 1. The van der Waals surface area contributed by atoms with E-state index in [1.54, 1.807) is 6.20 Å². The first kappa shape index (κ1) is 25.5. The summed E-state index contributed by atoms with van der Waals surface area (Å²) < 4.78 is 0. The number of carbonyl (C=O) groups excluding carboxylic acids is 1. The third kappa shape index (κ3) is 6.72. The summed E-state index contributed by atoms with van der Waals surface area (Å²) in [5, 5.41) is 15.8. The average Bonchev–Trinajstić information content (AvgIpc) is 2.87. The lowest BCUT2D eigenvalue weighted by molar-refractivity contribution is -0.143. The summed E-state index contributed by atoms with van der Waals surface area (Å²) in [7, 11) is 0. The molecule has 0 aliphatic carbocycles. The number of piperidine rings is 1. The van der Waals surface area contributed by atoms with Crippen LogP contribution in [0.1, 0.15) is 52.0 Å². The van der Waals surface area contributed by atoms with Gasteiger partial charge in [-0.1, -0.05) is 39.0 Å². The lowest BCUT2D eigenvalue weighted by Crippen LogP contribution is -2.48. The molecule has 1 atom stereocenters. The van der Waals surface area contributed by atoms with Crippen molar-refractivity contribution in [3.05, 3.63) is 54.2 Å². The topological polar surface area (TPSA) is 94.6 Å². The Hall–Kier alpha value is -3.09. The van der Waals surface area contributed by atoms with Crippen LogP contribution in [0.25, 0.3) is 0 Å². The fraction of sp³-hybridized carbons (Fsp3) is 0.519. The van der Waals surface area contributed by atoms with Gasteiger partial charge >= 0.3 is 5.97 Å². The highest BCUT2D eigenvalue weighted by molar-refractivity contribution is 5.87. The van der Waals surface area contributed by atoms with Crippen LogP contribution >= 0.6 is 0 Å². The Balaban J connectivity index is 1.51.